The molecule has 0 spiro atoms. The maximum absolute atomic E-state index is 10.2. The third kappa shape index (κ3) is 5.45. The van der Waals surface area contributed by atoms with Gasteiger partial charge in [0.2, 0.25) is 0 Å². The molecule has 0 bridgehead atoms. The Morgan fingerprint density at radius 1 is 1.25 bits per heavy atom. The lowest BCUT2D eigenvalue weighted by molar-refractivity contribution is -0.919. The maximum atomic E-state index is 10.2. The highest BCUT2D eigenvalue weighted by atomic mass is 127. The summed E-state index contributed by atoms with van der Waals surface area (Å²) in [6.07, 6.45) is -0.611. The van der Waals surface area contributed by atoms with E-state index in [9.17, 15) is 5.11 Å². The first-order valence-corrected chi connectivity index (χ1v) is 8.20. The topological polar surface area (TPSA) is 57.2 Å². The van der Waals surface area contributed by atoms with Gasteiger partial charge >= 0.3 is 0 Å². The molecule has 0 aliphatic carbocycles. The van der Waals surface area contributed by atoms with Crippen molar-refractivity contribution in [2.45, 2.75) is 12.2 Å². The number of quaternary nitrogens is 1. The van der Waals surface area contributed by atoms with Crippen LogP contribution in [0.25, 0.3) is 0 Å². The summed E-state index contributed by atoms with van der Waals surface area (Å²) in [6, 6.07) is 7.62. The van der Waals surface area contributed by atoms with Gasteiger partial charge in [-0.25, -0.2) is 0 Å². The number of halogens is 1. The Hall–Kier alpha value is -0.610. The predicted molar refractivity (Wildman–Crippen MR) is 84.8 cm³/mol. The highest BCUT2D eigenvalue weighted by Gasteiger charge is 2.28. The second kappa shape index (κ2) is 9.19. The first-order chi connectivity index (χ1) is 11.1. The van der Waals surface area contributed by atoms with E-state index in [1.54, 1.807) is 0 Å². The van der Waals surface area contributed by atoms with Crippen LogP contribution in [0.15, 0.2) is 24.3 Å². The van der Waals surface area contributed by atoms with E-state index in [1.807, 2.05) is 24.3 Å². The zero-order valence-corrected chi connectivity index (χ0v) is 16.2. The number of para-hydroxylation sites is 2. The van der Waals surface area contributed by atoms with Gasteiger partial charge in [-0.2, -0.15) is 0 Å². The number of nitrogens with zero attached hydrogens (tertiary/aromatic N) is 1. The number of morpholine rings is 1. The number of aliphatic hydroxyl groups is 1. The van der Waals surface area contributed by atoms with E-state index in [4.69, 9.17) is 18.9 Å². The first-order valence-electron chi connectivity index (χ1n) is 8.20. The molecule has 7 heteroatoms. The number of hydrogen-bond acceptors (Lipinski definition) is 5. The molecule has 1 fully saturated rings. The quantitative estimate of drug-likeness (QED) is 0.389. The normalized spacial score (nSPS) is 23.2. The zero-order chi connectivity index (χ0) is 16.1. The fraction of sp³-hybridized carbons (Fsp3) is 0.647. The minimum atomic E-state index is -0.477. The Morgan fingerprint density at radius 3 is 2.71 bits per heavy atom. The van der Waals surface area contributed by atoms with Crippen molar-refractivity contribution in [3.05, 3.63) is 24.3 Å². The molecule has 1 saturated heterocycles. The standard InChI is InChI=1S/C17H26NO5.HI/c1-18(6-8-20-9-7-18)10-14(19)11-21-12-15-13-22-16-4-2-3-5-17(16)23-15;/h2-5,14-15,19H,6-13H2,1H3;1H/q+1;/p-1. The van der Waals surface area contributed by atoms with E-state index in [0.29, 0.717) is 26.4 Å². The molecule has 1 aromatic rings. The van der Waals surface area contributed by atoms with Crippen LogP contribution in [0.2, 0.25) is 0 Å². The fourth-order valence-corrected chi connectivity index (χ4v) is 3.01. The Morgan fingerprint density at radius 2 is 1.96 bits per heavy atom. The van der Waals surface area contributed by atoms with Crippen molar-refractivity contribution < 1.29 is 52.5 Å². The van der Waals surface area contributed by atoms with Crippen LogP contribution in [0.3, 0.4) is 0 Å². The molecule has 3 rings (SSSR count). The summed E-state index contributed by atoms with van der Waals surface area (Å²) in [5.74, 6) is 1.52. The van der Waals surface area contributed by atoms with Crippen molar-refractivity contribution in [2.75, 3.05) is 59.7 Å². The molecule has 6 nitrogen and oxygen atoms in total. The Kier molecular flexibility index (Phi) is 7.55. The van der Waals surface area contributed by atoms with E-state index in [1.165, 1.54) is 0 Å². The number of fused-ring (bicyclic) bond motifs is 1. The van der Waals surface area contributed by atoms with E-state index < -0.39 is 6.10 Å². The second-order valence-corrected chi connectivity index (χ2v) is 6.55. The van der Waals surface area contributed by atoms with Crippen LogP contribution < -0.4 is 33.5 Å². The number of hydrogen-bond donors (Lipinski definition) is 1. The van der Waals surface area contributed by atoms with Gasteiger partial charge in [0.25, 0.3) is 0 Å². The molecule has 1 aromatic carbocycles. The minimum absolute atomic E-state index is 0. The first kappa shape index (κ1) is 19.7. The highest BCUT2D eigenvalue weighted by molar-refractivity contribution is 5.40. The van der Waals surface area contributed by atoms with Gasteiger partial charge in [0, 0.05) is 0 Å². The van der Waals surface area contributed by atoms with Crippen LogP contribution in [0.4, 0.5) is 0 Å². The van der Waals surface area contributed by atoms with Gasteiger partial charge in [-0.1, -0.05) is 12.1 Å². The third-order valence-corrected chi connectivity index (χ3v) is 4.38. The zero-order valence-electron chi connectivity index (χ0n) is 14.0. The number of benzene rings is 1. The van der Waals surface area contributed by atoms with Gasteiger partial charge in [-0.3, -0.25) is 0 Å². The van der Waals surface area contributed by atoms with Gasteiger partial charge in [0.1, 0.15) is 32.3 Å². The second-order valence-electron chi connectivity index (χ2n) is 6.55. The van der Waals surface area contributed by atoms with E-state index in [0.717, 1.165) is 42.3 Å². The smallest absolute Gasteiger partial charge is 0.161 e. The van der Waals surface area contributed by atoms with Gasteiger partial charge < -0.3 is 52.5 Å². The minimum Gasteiger partial charge on any atom is -1.00 e. The summed E-state index contributed by atoms with van der Waals surface area (Å²) in [5.41, 5.74) is 0. The number of aliphatic hydroxyl groups excluding tert-OH is 1. The van der Waals surface area contributed by atoms with Gasteiger partial charge in [-0.15, -0.1) is 0 Å². The molecular formula is C17H26INO5. The molecule has 136 valence electrons. The van der Waals surface area contributed by atoms with Crippen LogP contribution in [-0.2, 0) is 9.47 Å². The number of ether oxygens (including phenoxy) is 4. The lowest BCUT2D eigenvalue weighted by atomic mass is 10.2. The molecular weight excluding hydrogens is 425 g/mol. The van der Waals surface area contributed by atoms with Gasteiger partial charge in [-0.05, 0) is 12.1 Å². The molecule has 24 heavy (non-hydrogen) atoms. The third-order valence-electron chi connectivity index (χ3n) is 4.38. The predicted octanol–water partition coefficient (Wildman–Crippen LogP) is -2.32. The van der Waals surface area contributed by atoms with E-state index in [-0.39, 0.29) is 30.1 Å². The van der Waals surface area contributed by atoms with Crippen molar-refractivity contribution in [3.63, 3.8) is 0 Å². The number of rotatable bonds is 6. The average molecular weight is 451 g/mol. The molecule has 0 saturated carbocycles. The average Bonchev–Trinajstić information content (AvgIpc) is 2.55. The molecule has 0 aromatic heterocycles. The Labute approximate surface area is 160 Å². The van der Waals surface area contributed by atoms with E-state index >= 15 is 0 Å². The molecule has 2 heterocycles. The molecule has 1 N–H and O–H groups in total. The van der Waals surface area contributed by atoms with Crippen molar-refractivity contribution in [3.8, 4) is 11.5 Å². The van der Waals surface area contributed by atoms with Crippen molar-refractivity contribution in [2.24, 2.45) is 0 Å². The molecule has 0 radical (unpaired) electrons. The lowest BCUT2D eigenvalue weighted by Gasteiger charge is -2.38. The SMILES string of the molecule is C[N+]1(CC(O)COCC2COc3ccccc3O2)CCOCC1.[I-]. The Balaban J connectivity index is 0.00000208. The van der Waals surface area contributed by atoms with Crippen LogP contribution in [-0.4, -0.2) is 81.5 Å². The largest absolute Gasteiger partial charge is 1.00 e. The van der Waals surface area contributed by atoms with Crippen LogP contribution >= 0.6 is 0 Å². The summed E-state index contributed by atoms with van der Waals surface area (Å²) >= 11 is 0. The summed E-state index contributed by atoms with van der Waals surface area (Å²) in [4.78, 5) is 0. The molecule has 2 unspecified atom stereocenters. The molecule has 0 amide bonds. The maximum Gasteiger partial charge on any atom is 0.161 e. The van der Waals surface area contributed by atoms with Gasteiger partial charge in [0.15, 0.2) is 17.6 Å². The number of likely N-dealkylation sites (N-methyl/N-ethyl adjacent to an activating group) is 1. The van der Waals surface area contributed by atoms with Crippen LogP contribution in [0, 0.1) is 0 Å². The van der Waals surface area contributed by atoms with Crippen molar-refractivity contribution >= 4 is 0 Å². The highest BCUT2D eigenvalue weighted by Crippen LogP contribution is 2.30. The van der Waals surface area contributed by atoms with E-state index in [2.05, 4.69) is 7.05 Å². The fourth-order valence-electron chi connectivity index (χ4n) is 3.01. The van der Waals surface area contributed by atoms with Crippen LogP contribution in [0.5, 0.6) is 11.5 Å². The molecule has 2 aliphatic rings. The summed E-state index contributed by atoms with van der Waals surface area (Å²) < 4.78 is 23.3. The Bertz CT molecular complexity index is 510. The monoisotopic (exact) mass is 451 g/mol. The van der Waals surface area contributed by atoms with Crippen molar-refractivity contribution in [1.29, 1.82) is 0 Å². The van der Waals surface area contributed by atoms with Gasteiger partial charge in [0.05, 0.1) is 33.5 Å². The molecule has 2 atom stereocenters. The summed E-state index contributed by atoms with van der Waals surface area (Å²) in [7, 11) is 2.15. The molecule has 2 aliphatic heterocycles. The van der Waals surface area contributed by atoms with Crippen LogP contribution in [0.1, 0.15) is 0 Å². The summed E-state index contributed by atoms with van der Waals surface area (Å²) in [5, 5.41) is 10.2. The summed E-state index contributed by atoms with van der Waals surface area (Å²) in [6.45, 7) is 5.29. The lowest BCUT2D eigenvalue weighted by Crippen LogP contribution is -3.00. The van der Waals surface area contributed by atoms with Crippen molar-refractivity contribution in [1.82, 2.24) is 0 Å².